The third-order valence-electron chi connectivity index (χ3n) is 4.83. The van der Waals surface area contributed by atoms with Crippen molar-refractivity contribution in [2.75, 3.05) is 40.3 Å². The van der Waals surface area contributed by atoms with E-state index < -0.39 is 10.0 Å². The molecule has 0 saturated carbocycles. The molecule has 0 atom stereocenters. The summed E-state index contributed by atoms with van der Waals surface area (Å²) in [6, 6.07) is 13.6. The first-order valence-corrected chi connectivity index (χ1v) is 10.5. The third-order valence-corrected chi connectivity index (χ3v) is 6.74. The number of nitrogens with zero attached hydrogens (tertiary/aromatic N) is 2. The lowest BCUT2D eigenvalue weighted by Crippen LogP contribution is -2.47. The number of benzene rings is 2. The van der Waals surface area contributed by atoms with Gasteiger partial charge in [-0.15, -0.1) is 0 Å². The van der Waals surface area contributed by atoms with Crippen molar-refractivity contribution in [3.8, 4) is 5.75 Å². The zero-order valence-electron chi connectivity index (χ0n) is 16.1. The number of rotatable bonds is 6. The molecule has 3 rings (SSSR count). The van der Waals surface area contributed by atoms with Crippen molar-refractivity contribution in [2.45, 2.75) is 11.4 Å². The second kappa shape index (κ2) is 8.72. The van der Waals surface area contributed by atoms with Crippen molar-refractivity contribution in [3.05, 3.63) is 59.7 Å². The van der Waals surface area contributed by atoms with Crippen LogP contribution in [0.2, 0.25) is 0 Å². The van der Waals surface area contributed by atoms with Crippen LogP contribution >= 0.6 is 0 Å². The Morgan fingerprint density at radius 2 is 1.68 bits per heavy atom. The Morgan fingerprint density at radius 3 is 2.32 bits per heavy atom. The van der Waals surface area contributed by atoms with Gasteiger partial charge in [-0.1, -0.05) is 24.3 Å². The van der Waals surface area contributed by atoms with Gasteiger partial charge in [-0.2, -0.15) is 4.31 Å². The lowest BCUT2D eigenvalue weighted by Gasteiger charge is -2.31. The number of amides is 1. The summed E-state index contributed by atoms with van der Waals surface area (Å²) in [5, 5.41) is 2.83. The number of methoxy groups -OCH3 is 1. The van der Waals surface area contributed by atoms with Crippen molar-refractivity contribution >= 4 is 15.9 Å². The summed E-state index contributed by atoms with van der Waals surface area (Å²) in [6.07, 6.45) is 0. The fourth-order valence-corrected chi connectivity index (χ4v) is 4.49. The average molecular weight is 404 g/mol. The number of hydrogen-bond donors (Lipinski definition) is 1. The number of likely N-dealkylation sites (N-methyl/N-ethyl adjacent to an activating group) is 1. The maximum Gasteiger partial charge on any atom is 0.255 e. The molecule has 7 nitrogen and oxygen atoms in total. The predicted octanol–water partition coefficient (Wildman–Crippen LogP) is 1.56. The Bertz CT molecular complexity index is 921. The topological polar surface area (TPSA) is 78.9 Å². The van der Waals surface area contributed by atoms with Crippen LogP contribution in [0.25, 0.3) is 0 Å². The molecule has 0 aliphatic carbocycles. The van der Waals surface area contributed by atoms with E-state index in [2.05, 4.69) is 10.2 Å². The van der Waals surface area contributed by atoms with E-state index in [9.17, 15) is 13.2 Å². The van der Waals surface area contributed by atoms with Crippen LogP contribution in [0.5, 0.6) is 5.75 Å². The molecule has 0 aromatic heterocycles. The fourth-order valence-electron chi connectivity index (χ4n) is 3.07. The number of nitrogens with one attached hydrogen (secondary N) is 1. The molecule has 1 N–H and O–H groups in total. The predicted molar refractivity (Wildman–Crippen MR) is 107 cm³/mol. The fraction of sp³-hybridized carbons (Fsp3) is 0.350. The Hall–Kier alpha value is -2.42. The largest absolute Gasteiger partial charge is 0.496 e. The van der Waals surface area contributed by atoms with Crippen LogP contribution in [-0.2, 0) is 16.6 Å². The van der Waals surface area contributed by atoms with Crippen molar-refractivity contribution in [3.63, 3.8) is 0 Å². The van der Waals surface area contributed by atoms with Gasteiger partial charge < -0.3 is 15.0 Å². The number of carbonyl (C=O) groups excluding carboxylic acids is 1. The Kier molecular flexibility index (Phi) is 6.33. The van der Waals surface area contributed by atoms with Gasteiger partial charge in [0.2, 0.25) is 10.0 Å². The van der Waals surface area contributed by atoms with E-state index in [0.717, 1.165) is 18.7 Å². The summed E-state index contributed by atoms with van der Waals surface area (Å²) < 4.78 is 32.2. The number of piperazine rings is 1. The van der Waals surface area contributed by atoms with Crippen molar-refractivity contribution in [1.29, 1.82) is 0 Å². The molecule has 2 aromatic rings. The SMILES string of the molecule is COc1ccccc1C(=O)NCc1ccc(S(=O)(=O)N2CCN(C)CC2)cc1. The lowest BCUT2D eigenvalue weighted by atomic mass is 10.1. The van der Waals surface area contributed by atoms with Crippen LogP contribution in [0.4, 0.5) is 0 Å². The van der Waals surface area contributed by atoms with Gasteiger partial charge in [0.05, 0.1) is 17.6 Å². The van der Waals surface area contributed by atoms with Crippen molar-refractivity contribution < 1.29 is 17.9 Å². The van der Waals surface area contributed by atoms with Gasteiger partial charge in [-0.25, -0.2) is 8.42 Å². The second-order valence-corrected chi connectivity index (χ2v) is 8.67. The first-order valence-electron chi connectivity index (χ1n) is 9.10. The molecule has 0 unspecified atom stereocenters. The molecule has 150 valence electrons. The molecule has 1 fully saturated rings. The minimum Gasteiger partial charge on any atom is -0.496 e. The molecule has 1 aliphatic rings. The number of hydrogen-bond acceptors (Lipinski definition) is 5. The smallest absolute Gasteiger partial charge is 0.255 e. The maximum absolute atomic E-state index is 12.8. The number of ether oxygens (including phenoxy) is 1. The van der Waals surface area contributed by atoms with Crippen molar-refractivity contribution in [1.82, 2.24) is 14.5 Å². The molecule has 1 saturated heterocycles. The van der Waals surface area contributed by atoms with E-state index in [1.807, 2.05) is 7.05 Å². The van der Waals surface area contributed by atoms with Gasteiger partial charge >= 0.3 is 0 Å². The Morgan fingerprint density at radius 1 is 1.04 bits per heavy atom. The van der Waals surface area contributed by atoms with E-state index in [1.165, 1.54) is 11.4 Å². The zero-order valence-corrected chi connectivity index (χ0v) is 16.9. The van der Waals surface area contributed by atoms with E-state index in [0.29, 0.717) is 30.9 Å². The van der Waals surface area contributed by atoms with Gasteiger partial charge in [-0.3, -0.25) is 4.79 Å². The Balaban J connectivity index is 1.64. The average Bonchev–Trinajstić information content (AvgIpc) is 2.72. The van der Waals surface area contributed by atoms with Gasteiger partial charge in [0.1, 0.15) is 5.75 Å². The van der Waals surface area contributed by atoms with Crippen molar-refractivity contribution in [2.24, 2.45) is 0 Å². The minimum absolute atomic E-state index is 0.244. The molecule has 8 heteroatoms. The zero-order chi connectivity index (χ0) is 20.1. The van der Waals surface area contributed by atoms with Gasteiger partial charge in [-0.05, 0) is 36.9 Å². The highest BCUT2D eigenvalue weighted by Gasteiger charge is 2.27. The highest BCUT2D eigenvalue weighted by molar-refractivity contribution is 7.89. The summed E-state index contributed by atoms with van der Waals surface area (Å²) in [5.41, 5.74) is 1.28. The summed E-state index contributed by atoms with van der Waals surface area (Å²) >= 11 is 0. The molecule has 0 spiro atoms. The quantitative estimate of drug-likeness (QED) is 0.792. The highest BCUT2D eigenvalue weighted by Crippen LogP contribution is 2.19. The monoisotopic (exact) mass is 403 g/mol. The van der Waals surface area contributed by atoms with Gasteiger partial charge in [0.15, 0.2) is 0 Å². The van der Waals surface area contributed by atoms with E-state index in [-0.39, 0.29) is 10.8 Å². The van der Waals surface area contributed by atoms with E-state index in [1.54, 1.807) is 48.5 Å². The molecule has 1 aliphatic heterocycles. The van der Waals surface area contributed by atoms with E-state index in [4.69, 9.17) is 4.74 Å². The van der Waals surface area contributed by atoms with Crippen LogP contribution < -0.4 is 10.1 Å². The van der Waals surface area contributed by atoms with Gasteiger partial charge in [0, 0.05) is 32.7 Å². The Labute approximate surface area is 166 Å². The molecule has 0 radical (unpaired) electrons. The standard InChI is InChI=1S/C20H25N3O4S/c1-22-11-13-23(14-12-22)28(25,26)17-9-7-16(8-10-17)15-21-20(24)18-5-3-4-6-19(18)27-2/h3-10H,11-15H2,1-2H3,(H,21,24). The summed E-state index contributed by atoms with van der Waals surface area (Å²) in [7, 11) is 0.0210. The second-order valence-electron chi connectivity index (χ2n) is 6.73. The van der Waals surface area contributed by atoms with Crippen LogP contribution in [0, 0.1) is 0 Å². The maximum atomic E-state index is 12.8. The molecule has 1 amide bonds. The van der Waals surface area contributed by atoms with Crippen LogP contribution in [0.1, 0.15) is 15.9 Å². The van der Waals surface area contributed by atoms with Crippen LogP contribution in [0.15, 0.2) is 53.4 Å². The number of carbonyl (C=O) groups is 1. The molecular weight excluding hydrogens is 378 g/mol. The highest BCUT2D eigenvalue weighted by atomic mass is 32.2. The number of para-hydroxylation sites is 1. The molecule has 28 heavy (non-hydrogen) atoms. The lowest BCUT2D eigenvalue weighted by molar-refractivity contribution is 0.0948. The first-order chi connectivity index (χ1) is 13.4. The summed E-state index contributed by atoms with van der Waals surface area (Å²) in [6.45, 7) is 2.75. The molecule has 2 aromatic carbocycles. The molecule has 1 heterocycles. The van der Waals surface area contributed by atoms with Gasteiger partial charge in [0.25, 0.3) is 5.91 Å². The van der Waals surface area contributed by atoms with Crippen LogP contribution in [-0.4, -0.2) is 63.9 Å². The summed E-state index contributed by atoms with van der Waals surface area (Å²) in [5.74, 6) is 0.264. The first kappa shape index (κ1) is 20.3. The number of sulfonamides is 1. The normalized spacial score (nSPS) is 15.9. The molecule has 0 bridgehead atoms. The van der Waals surface area contributed by atoms with E-state index >= 15 is 0 Å². The minimum atomic E-state index is -3.48. The summed E-state index contributed by atoms with van der Waals surface area (Å²) in [4.78, 5) is 14.7. The molecular formula is C20H25N3O4S. The third kappa shape index (κ3) is 4.52. The van der Waals surface area contributed by atoms with Crippen LogP contribution in [0.3, 0.4) is 0 Å².